The lowest BCUT2D eigenvalue weighted by Crippen LogP contribution is -2.27. The highest BCUT2D eigenvalue weighted by molar-refractivity contribution is 5.68. The van der Waals surface area contributed by atoms with Gasteiger partial charge < -0.3 is 9.47 Å². The van der Waals surface area contributed by atoms with Crippen LogP contribution in [0.1, 0.15) is 30.5 Å². The predicted molar refractivity (Wildman–Crippen MR) is 66.2 cm³/mol. The van der Waals surface area contributed by atoms with Gasteiger partial charge in [-0.15, -0.1) is 0 Å². The molecule has 16 heavy (non-hydrogen) atoms. The molecule has 0 fully saturated rings. The van der Waals surface area contributed by atoms with Crippen LogP contribution in [0.25, 0.3) is 6.08 Å². The van der Waals surface area contributed by atoms with Crippen LogP contribution in [0.15, 0.2) is 12.1 Å². The molecule has 0 saturated carbocycles. The Balaban J connectivity index is 2.61. The fraction of sp³-hybridized carbons (Fsp3) is 0.429. The summed E-state index contributed by atoms with van der Waals surface area (Å²) >= 11 is 0. The summed E-state index contributed by atoms with van der Waals surface area (Å²) in [6, 6.07) is 2.05. The van der Waals surface area contributed by atoms with Gasteiger partial charge in [-0.2, -0.15) is 0 Å². The van der Waals surface area contributed by atoms with Gasteiger partial charge in [0.25, 0.3) is 0 Å². The molecule has 0 atom stereocenters. The quantitative estimate of drug-likeness (QED) is 0.718. The van der Waals surface area contributed by atoms with Gasteiger partial charge in [0, 0.05) is 11.1 Å². The summed E-state index contributed by atoms with van der Waals surface area (Å²) in [5.41, 5.74) is 3.16. The zero-order valence-corrected chi connectivity index (χ0v) is 10.5. The molecule has 0 aromatic heterocycles. The predicted octanol–water partition coefficient (Wildman–Crippen LogP) is 3.50. The van der Waals surface area contributed by atoms with E-state index >= 15 is 0 Å². The number of ether oxygens (including phenoxy) is 2. The van der Waals surface area contributed by atoms with E-state index in [1.54, 1.807) is 7.11 Å². The first-order valence-corrected chi connectivity index (χ1v) is 5.51. The molecule has 1 aliphatic rings. The maximum absolute atomic E-state index is 5.94. The van der Waals surface area contributed by atoms with Gasteiger partial charge in [0.2, 0.25) is 0 Å². The highest BCUT2D eigenvalue weighted by Gasteiger charge is 2.24. The van der Waals surface area contributed by atoms with Crippen LogP contribution in [0, 0.1) is 13.8 Å². The number of rotatable bonds is 1. The van der Waals surface area contributed by atoms with E-state index in [1.807, 2.05) is 13.0 Å². The molecule has 2 heteroatoms. The Morgan fingerprint density at radius 3 is 2.56 bits per heavy atom. The van der Waals surface area contributed by atoms with E-state index in [0.29, 0.717) is 0 Å². The molecular weight excluding hydrogens is 200 g/mol. The van der Waals surface area contributed by atoms with Crippen LogP contribution in [0.2, 0.25) is 0 Å². The Kier molecular flexibility index (Phi) is 2.45. The maximum Gasteiger partial charge on any atom is 0.128 e. The molecule has 2 nitrogen and oxygen atoms in total. The molecule has 1 aliphatic heterocycles. The first-order valence-electron chi connectivity index (χ1n) is 5.51. The van der Waals surface area contributed by atoms with Crippen LogP contribution in [0.3, 0.4) is 0 Å². The van der Waals surface area contributed by atoms with Crippen molar-refractivity contribution in [2.24, 2.45) is 0 Å². The van der Waals surface area contributed by atoms with Crippen molar-refractivity contribution >= 4 is 6.08 Å². The molecule has 0 aliphatic carbocycles. The SMILES string of the molecule is COc1c(C)cc2c(c1C)C=CC(C)(C)O2. The molecule has 1 aromatic rings. The van der Waals surface area contributed by atoms with E-state index in [9.17, 15) is 0 Å². The molecule has 0 spiro atoms. The van der Waals surface area contributed by atoms with Crippen molar-refractivity contribution < 1.29 is 9.47 Å². The summed E-state index contributed by atoms with van der Waals surface area (Å²) in [7, 11) is 1.71. The molecule has 0 unspecified atom stereocenters. The van der Waals surface area contributed by atoms with E-state index in [2.05, 4.69) is 32.9 Å². The lowest BCUT2D eigenvalue weighted by Gasteiger charge is -2.29. The Morgan fingerprint density at radius 2 is 1.94 bits per heavy atom. The molecule has 0 amide bonds. The van der Waals surface area contributed by atoms with Gasteiger partial charge in [-0.1, -0.05) is 6.08 Å². The molecule has 0 bridgehead atoms. The third-order valence-electron chi connectivity index (χ3n) is 2.94. The molecular formula is C14H18O2. The van der Waals surface area contributed by atoms with Crippen molar-refractivity contribution in [2.75, 3.05) is 7.11 Å². The summed E-state index contributed by atoms with van der Waals surface area (Å²) in [5.74, 6) is 1.90. The summed E-state index contributed by atoms with van der Waals surface area (Å²) in [6.45, 7) is 8.22. The van der Waals surface area contributed by atoms with E-state index < -0.39 is 0 Å². The summed E-state index contributed by atoms with van der Waals surface area (Å²) in [5, 5.41) is 0. The van der Waals surface area contributed by atoms with Gasteiger partial charge in [0.15, 0.2) is 0 Å². The summed E-state index contributed by atoms with van der Waals surface area (Å²) < 4.78 is 11.3. The average molecular weight is 218 g/mol. The normalized spacial score (nSPS) is 16.6. The maximum atomic E-state index is 5.94. The third-order valence-corrected chi connectivity index (χ3v) is 2.94. The molecule has 2 rings (SSSR count). The topological polar surface area (TPSA) is 18.5 Å². The van der Waals surface area contributed by atoms with Crippen LogP contribution >= 0.6 is 0 Å². The van der Waals surface area contributed by atoms with Crippen LogP contribution in [-0.2, 0) is 0 Å². The fourth-order valence-corrected chi connectivity index (χ4v) is 2.15. The highest BCUT2D eigenvalue weighted by Crippen LogP contribution is 2.38. The number of fused-ring (bicyclic) bond motifs is 1. The van der Waals surface area contributed by atoms with Crippen LogP contribution in [0.5, 0.6) is 11.5 Å². The number of benzene rings is 1. The first-order chi connectivity index (χ1) is 7.44. The second kappa shape index (κ2) is 3.55. The standard InChI is InChI=1S/C14H18O2/c1-9-8-12-11(10(2)13(9)15-5)6-7-14(3,4)16-12/h6-8H,1-5H3. The largest absolute Gasteiger partial charge is 0.496 e. The van der Waals surface area contributed by atoms with Crippen LogP contribution in [-0.4, -0.2) is 12.7 Å². The molecule has 1 aromatic carbocycles. The second-order valence-electron chi connectivity index (χ2n) is 4.80. The number of hydrogen-bond acceptors (Lipinski definition) is 2. The van der Waals surface area contributed by atoms with Crippen molar-refractivity contribution in [3.8, 4) is 11.5 Å². The summed E-state index contributed by atoms with van der Waals surface area (Å²) in [4.78, 5) is 0. The molecule has 1 heterocycles. The van der Waals surface area contributed by atoms with E-state index in [-0.39, 0.29) is 5.60 Å². The van der Waals surface area contributed by atoms with E-state index in [0.717, 1.165) is 28.2 Å². The van der Waals surface area contributed by atoms with Gasteiger partial charge in [0.05, 0.1) is 7.11 Å². The molecule has 0 saturated heterocycles. The minimum Gasteiger partial charge on any atom is -0.496 e. The minimum atomic E-state index is -0.222. The van der Waals surface area contributed by atoms with Gasteiger partial charge in [-0.3, -0.25) is 0 Å². The van der Waals surface area contributed by atoms with Crippen molar-refractivity contribution in [1.29, 1.82) is 0 Å². The highest BCUT2D eigenvalue weighted by atomic mass is 16.5. The Hall–Kier alpha value is -1.44. The van der Waals surface area contributed by atoms with Gasteiger partial charge in [-0.25, -0.2) is 0 Å². The van der Waals surface area contributed by atoms with E-state index in [4.69, 9.17) is 9.47 Å². The zero-order valence-electron chi connectivity index (χ0n) is 10.5. The van der Waals surface area contributed by atoms with Crippen molar-refractivity contribution in [1.82, 2.24) is 0 Å². The number of methoxy groups -OCH3 is 1. The van der Waals surface area contributed by atoms with Crippen molar-refractivity contribution in [2.45, 2.75) is 33.3 Å². The molecule has 0 N–H and O–H groups in total. The zero-order chi connectivity index (χ0) is 11.9. The second-order valence-corrected chi connectivity index (χ2v) is 4.80. The van der Waals surface area contributed by atoms with Gasteiger partial charge in [-0.05, 0) is 45.4 Å². The fourth-order valence-electron chi connectivity index (χ4n) is 2.15. The summed E-state index contributed by atoms with van der Waals surface area (Å²) in [6.07, 6.45) is 4.20. The Bertz CT molecular complexity index is 456. The Morgan fingerprint density at radius 1 is 1.25 bits per heavy atom. The molecule has 0 radical (unpaired) electrons. The number of aryl methyl sites for hydroxylation is 1. The lowest BCUT2D eigenvalue weighted by atomic mass is 9.96. The van der Waals surface area contributed by atoms with Gasteiger partial charge >= 0.3 is 0 Å². The lowest BCUT2D eigenvalue weighted by molar-refractivity contribution is 0.158. The van der Waals surface area contributed by atoms with Gasteiger partial charge in [0.1, 0.15) is 17.1 Å². The molecule has 86 valence electrons. The average Bonchev–Trinajstić information content (AvgIpc) is 2.16. The van der Waals surface area contributed by atoms with Crippen LogP contribution < -0.4 is 9.47 Å². The number of hydrogen-bond donors (Lipinski definition) is 0. The first kappa shape index (κ1) is 11.1. The van der Waals surface area contributed by atoms with Crippen molar-refractivity contribution in [3.05, 3.63) is 28.8 Å². The van der Waals surface area contributed by atoms with E-state index in [1.165, 1.54) is 0 Å². The minimum absolute atomic E-state index is 0.222. The monoisotopic (exact) mass is 218 g/mol. The Labute approximate surface area is 96.9 Å². The third kappa shape index (κ3) is 1.69. The smallest absolute Gasteiger partial charge is 0.128 e. The van der Waals surface area contributed by atoms with Crippen LogP contribution in [0.4, 0.5) is 0 Å². The van der Waals surface area contributed by atoms with Crippen molar-refractivity contribution in [3.63, 3.8) is 0 Å².